The lowest BCUT2D eigenvalue weighted by molar-refractivity contribution is 0.626. The fourth-order valence-corrected chi connectivity index (χ4v) is 1.33. The lowest BCUT2D eigenvalue weighted by Gasteiger charge is -1.96. The van der Waals surface area contributed by atoms with Crippen molar-refractivity contribution in [1.29, 1.82) is 0 Å². The number of nitrogen functional groups attached to an aromatic ring is 1. The van der Waals surface area contributed by atoms with E-state index in [1.54, 1.807) is 6.07 Å². The van der Waals surface area contributed by atoms with Crippen molar-refractivity contribution in [3.8, 4) is 11.3 Å². The molecule has 0 aliphatic rings. The Morgan fingerprint density at radius 3 is 2.60 bits per heavy atom. The van der Waals surface area contributed by atoms with Gasteiger partial charge < -0.3 is 5.73 Å². The summed E-state index contributed by atoms with van der Waals surface area (Å²) in [6.45, 7) is 0. The number of hydrogen-bond acceptors (Lipinski definition) is 2. The van der Waals surface area contributed by atoms with Crippen LogP contribution in [-0.2, 0) is 7.05 Å². The van der Waals surface area contributed by atoms with Crippen LogP contribution in [0.5, 0.6) is 0 Å². The van der Waals surface area contributed by atoms with Crippen LogP contribution < -0.4 is 5.73 Å². The molecule has 0 spiro atoms. The summed E-state index contributed by atoms with van der Waals surface area (Å²) in [5.74, 6) is -1.12. The first-order valence-electron chi connectivity index (χ1n) is 4.33. The van der Waals surface area contributed by atoms with Crippen molar-refractivity contribution >= 4 is 5.82 Å². The molecule has 0 fully saturated rings. The van der Waals surface area contributed by atoms with Gasteiger partial charge in [0.2, 0.25) is 0 Å². The van der Waals surface area contributed by atoms with Crippen LogP contribution in [0.15, 0.2) is 24.3 Å². The lowest BCUT2D eigenvalue weighted by atomic mass is 10.1. The minimum atomic E-state index is -0.622. The van der Waals surface area contributed by atoms with E-state index >= 15 is 0 Å². The van der Waals surface area contributed by atoms with Gasteiger partial charge in [0.25, 0.3) is 0 Å². The minimum Gasteiger partial charge on any atom is -0.381 e. The molecule has 0 radical (unpaired) electrons. The quantitative estimate of drug-likeness (QED) is 0.780. The highest BCUT2D eigenvalue weighted by molar-refractivity contribution is 5.63. The number of nitrogens with zero attached hydrogens (tertiary/aromatic N) is 2. The number of rotatable bonds is 1. The van der Waals surface area contributed by atoms with Gasteiger partial charge in [0.05, 0.1) is 0 Å². The van der Waals surface area contributed by atoms with Gasteiger partial charge in [0.15, 0.2) is 11.6 Å². The SMILES string of the molecule is Cn1nc(-c2cccc(F)c2)c(F)c1N. The summed E-state index contributed by atoms with van der Waals surface area (Å²) in [6, 6.07) is 5.57. The summed E-state index contributed by atoms with van der Waals surface area (Å²) in [5.41, 5.74) is 5.85. The van der Waals surface area contributed by atoms with Gasteiger partial charge in [0.1, 0.15) is 11.5 Å². The number of aryl methyl sites for hydroxylation is 1. The number of benzene rings is 1. The Hall–Kier alpha value is -1.91. The van der Waals surface area contributed by atoms with Crippen LogP contribution in [0.25, 0.3) is 11.3 Å². The summed E-state index contributed by atoms with van der Waals surface area (Å²) >= 11 is 0. The monoisotopic (exact) mass is 209 g/mol. The van der Waals surface area contributed by atoms with Gasteiger partial charge in [-0.15, -0.1) is 0 Å². The van der Waals surface area contributed by atoms with E-state index in [0.717, 1.165) is 0 Å². The molecule has 15 heavy (non-hydrogen) atoms. The number of halogens is 2. The van der Waals surface area contributed by atoms with Crippen LogP contribution in [0.4, 0.5) is 14.6 Å². The van der Waals surface area contributed by atoms with Gasteiger partial charge in [0, 0.05) is 12.6 Å². The smallest absolute Gasteiger partial charge is 0.192 e. The number of hydrogen-bond donors (Lipinski definition) is 1. The van der Waals surface area contributed by atoms with Gasteiger partial charge in [-0.1, -0.05) is 12.1 Å². The van der Waals surface area contributed by atoms with Crippen molar-refractivity contribution in [1.82, 2.24) is 9.78 Å². The molecular weight excluding hydrogens is 200 g/mol. The predicted molar refractivity (Wildman–Crippen MR) is 53.0 cm³/mol. The van der Waals surface area contributed by atoms with Crippen LogP contribution in [-0.4, -0.2) is 9.78 Å². The molecule has 0 amide bonds. The fraction of sp³-hybridized carbons (Fsp3) is 0.100. The summed E-state index contributed by atoms with van der Waals surface area (Å²) in [4.78, 5) is 0. The predicted octanol–water partition coefficient (Wildman–Crippen LogP) is 1.95. The normalized spacial score (nSPS) is 10.6. The summed E-state index contributed by atoms with van der Waals surface area (Å²) in [5, 5.41) is 3.87. The molecule has 0 aliphatic heterocycles. The Bertz CT molecular complexity index is 505. The van der Waals surface area contributed by atoms with E-state index in [-0.39, 0.29) is 11.5 Å². The first kappa shape index (κ1) is 9.64. The molecule has 0 saturated heterocycles. The molecule has 1 heterocycles. The molecule has 0 aliphatic carbocycles. The highest BCUT2D eigenvalue weighted by Crippen LogP contribution is 2.25. The molecule has 0 atom stereocenters. The standard InChI is InChI=1S/C10H9F2N3/c1-15-10(13)8(12)9(14-15)6-3-2-4-7(11)5-6/h2-5H,13H2,1H3. The van der Waals surface area contributed by atoms with Crippen molar-refractivity contribution < 1.29 is 8.78 Å². The van der Waals surface area contributed by atoms with E-state index < -0.39 is 11.6 Å². The second-order valence-corrected chi connectivity index (χ2v) is 3.18. The van der Waals surface area contributed by atoms with Gasteiger partial charge >= 0.3 is 0 Å². The molecule has 2 rings (SSSR count). The molecule has 3 nitrogen and oxygen atoms in total. The third-order valence-corrected chi connectivity index (χ3v) is 2.13. The summed E-state index contributed by atoms with van der Waals surface area (Å²) < 4.78 is 27.6. The van der Waals surface area contributed by atoms with Gasteiger partial charge in [-0.25, -0.2) is 13.5 Å². The Kier molecular flexibility index (Phi) is 2.15. The van der Waals surface area contributed by atoms with Crippen LogP contribution in [0.3, 0.4) is 0 Å². The van der Waals surface area contributed by atoms with Crippen molar-refractivity contribution in [3.63, 3.8) is 0 Å². The topological polar surface area (TPSA) is 43.8 Å². The highest BCUT2D eigenvalue weighted by Gasteiger charge is 2.15. The average Bonchev–Trinajstić information content (AvgIpc) is 2.46. The maximum Gasteiger partial charge on any atom is 0.192 e. The Labute approximate surface area is 85.1 Å². The second kappa shape index (κ2) is 3.34. The van der Waals surface area contributed by atoms with E-state index in [1.165, 1.54) is 29.9 Å². The molecule has 2 aromatic rings. The minimum absolute atomic E-state index is 0.0609. The van der Waals surface area contributed by atoms with Crippen molar-refractivity contribution in [3.05, 3.63) is 35.9 Å². The maximum absolute atomic E-state index is 13.5. The van der Waals surface area contributed by atoms with Crippen LogP contribution in [0.2, 0.25) is 0 Å². The lowest BCUT2D eigenvalue weighted by Crippen LogP contribution is -1.97. The first-order chi connectivity index (χ1) is 7.09. The van der Waals surface area contributed by atoms with E-state index in [1.807, 2.05) is 0 Å². The Morgan fingerprint density at radius 1 is 1.33 bits per heavy atom. The summed E-state index contributed by atoms with van der Waals surface area (Å²) in [7, 11) is 1.53. The highest BCUT2D eigenvalue weighted by atomic mass is 19.1. The van der Waals surface area contributed by atoms with E-state index in [0.29, 0.717) is 5.56 Å². The van der Waals surface area contributed by atoms with E-state index in [2.05, 4.69) is 5.10 Å². The molecule has 78 valence electrons. The van der Waals surface area contributed by atoms with E-state index in [9.17, 15) is 8.78 Å². The molecule has 0 unspecified atom stereocenters. The number of anilines is 1. The fourth-order valence-electron chi connectivity index (χ4n) is 1.33. The summed E-state index contributed by atoms with van der Waals surface area (Å²) in [6.07, 6.45) is 0. The number of aromatic nitrogens is 2. The van der Waals surface area contributed by atoms with Crippen LogP contribution in [0.1, 0.15) is 0 Å². The Balaban J connectivity index is 2.59. The van der Waals surface area contributed by atoms with Crippen LogP contribution >= 0.6 is 0 Å². The van der Waals surface area contributed by atoms with Crippen LogP contribution in [0, 0.1) is 11.6 Å². The largest absolute Gasteiger partial charge is 0.381 e. The zero-order chi connectivity index (χ0) is 11.0. The maximum atomic E-state index is 13.5. The molecule has 2 N–H and O–H groups in total. The molecule has 0 saturated carbocycles. The van der Waals surface area contributed by atoms with Gasteiger partial charge in [-0.2, -0.15) is 5.10 Å². The third kappa shape index (κ3) is 1.56. The Morgan fingerprint density at radius 2 is 2.07 bits per heavy atom. The van der Waals surface area contributed by atoms with Crippen molar-refractivity contribution in [2.45, 2.75) is 0 Å². The first-order valence-corrected chi connectivity index (χ1v) is 4.33. The van der Waals surface area contributed by atoms with Gasteiger partial charge in [-0.05, 0) is 12.1 Å². The molecule has 5 heteroatoms. The zero-order valence-corrected chi connectivity index (χ0v) is 8.04. The molecule has 1 aromatic carbocycles. The second-order valence-electron chi connectivity index (χ2n) is 3.18. The van der Waals surface area contributed by atoms with E-state index in [4.69, 9.17) is 5.73 Å². The van der Waals surface area contributed by atoms with Crippen molar-refractivity contribution in [2.24, 2.45) is 7.05 Å². The molecule has 1 aromatic heterocycles. The molecular formula is C10H9F2N3. The van der Waals surface area contributed by atoms with Crippen molar-refractivity contribution in [2.75, 3.05) is 5.73 Å². The average molecular weight is 209 g/mol. The zero-order valence-electron chi connectivity index (χ0n) is 8.04. The molecule has 0 bridgehead atoms. The van der Waals surface area contributed by atoms with Gasteiger partial charge in [-0.3, -0.25) is 0 Å². The third-order valence-electron chi connectivity index (χ3n) is 2.13. The number of nitrogens with two attached hydrogens (primary N) is 1.